The van der Waals surface area contributed by atoms with Gasteiger partial charge in [-0.2, -0.15) is 0 Å². The molecule has 1 fully saturated rings. The van der Waals surface area contributed by atoms with Crippen LogP contribution in [0.3, 0.4) is 0 Å². The topological polar surface area (TPSA) is 62.2 Å². The smallest absolute Gasteiger partial charge is 0.337 e. The van der Waals surface area contributed by atoms with Gasteiger partial charge in [-0.15, -0.1) is 0 Å². The Hall–Kier alpha value is -1.58. The summed E-state index contributed by atoms with van der Waals surface area (Å²) in [4.78, 5) is 15.2. The van der Waals surface area contributed by atoms with Gasteiger partial charge in [0.2, 0.25) is 0 Å². The van der Waals surface area contributed by atoms with Crippen LogP contribution < -0.4 is 5.32 Å². The van der Waals surface area contributed by atoms with E-state index in [0.717, 1.165) is 18.7 Å². The summed E-state index contributed by atoms with van der Waals surface area (Å²) in [5.74, 6) is -0.145. The molecule has 4 heteroatoms. The first-order chi connectivity index (χ1) is 8.37. The van der Waals surface area contributed by atoms with Crippen molar-refractivity contribution < 1.29 is 9.90 Å². The molecule has 1 aliphatic carbocycles. The molecule has 1 saturated carbocycles. The summed E-state index contributed by atoms with van der Waals surface area (Å²) in [5, 5.41) is 12.3. The van der Waals surface area contributed by atoms with Gasteiger partial charge in [-0.1, -0.05) is 13.8 Å². The van der Waals surface area contributed by atoms with Crippen LogP contribution in [0.15, 0.2) is 12.1 Å². The quantitative estimate of drug-likeness (QED) is 0.863. The lowest BCUT2D eigenvalue weighted by Crippen LogP contribution is -2.18. The van der Waals surface area contributed by atoms with Gasteiger partial charge in [0.1, 0.15) is 5.82 Å². The van der Waals surface area contributed by atoms with Crippen molar-refractivity contribution >= 4 is 11.8 Å². The standard InChI is InChI=1S/C14H20N2O2/c1-9-11(13(17)18)4-5-12(15-9)16-10-6-7-14(2,3)8-10/h4-5,10H,6-8H2,1-3H3,(H,15,16)(H,17,18). The van der Waals surface area contributed by atoms with E-state index in [1.54, 1.807) is 19.1 Å². The van der Waals surface area contributed by atoms with Crippen LogP contribution in [0.1, 0.15) is 49.2 Å². The molecule has 1 aromatic heterocycles. The van der Waals surface area contributed by atoms with Crippen molar-refractivity contribution in [2.24, 2.45) is 5.41 Å². The monoisotopic (exact) mass is 248 g/mol. The number of pyridine rings is 1. The Balaban J connectivity index is 2.07. The number of nitrogens with one attached hydrogen (secondary N) is 1. The van der Waals surface area contributed by atoms with E-state index < -0.39 is 5.97 Å². The zero-order valence-corrected chi connectivity index (χ0v) is 11.2. The number of aromatic carboxylic acids is 1. The van der Waals surface area contributed by atoms with Crippen molar-refractivity contribution in [1.29, 1.82) is 0 Å². The molecule has 1 heterocycles. The third-order valence-corrected chi connectivity index (χ3v) is 3.64. The number of carboxylic acid groups (broad SMARTS) is 1. The molecule has 2 rings (SSSR count). The molecule has 4 nitrogen and oxygen atoms in total. The third-order valence-electron chi connectivity index (χ3n) is 3.64. The van der Waals surface area contributed by atoms with Crippen molar-refractivity contribution in [2.45, 2.75) is 46.1 Å². The van der Waals surface area contributed by atoms with Crippen LogP contribution in [0, 0.1) is 12.3 Å². The Kier molecular flexibility index (Phi) is 3.28. The van der Waals surface area contributed by atoms with Crippen molar-refractivity contribution in [3.63, 3.8) is 0 Å². The Bertz CT molecular complexity index is 469. The normalized spacial score (nSPS) is 21.8. The minimum absolute atomic E-state index is 0.271. The zero-order valence-electron chi connectivity index (χ0n) is 11.2. The number of hydrogen-bond acceptors (Lipinski definition) is 3. The van der Waals surface area contributed by atoms with Crippen LogP contribution in [0.5, 0.6) is 0 Å². The Morgan fingerprint density at radius 1 is 1.50 bits per heavy atom. The van der Waals surface area contributed by atoms with Gasteiger partial charge in [0, 0.05) is 6.04 Å². The first-order valence-corrected chi connectivity index (χ1v) is 6.35. The van der Waals surface area contributed by atoms with Crippen LogP contribution in [0.2, 0.25) is 0 Å². The highest BCUT2D eigenvalue weighted by Gasteiger charge is 2.30. The van der Waals surface area contributed by atoms with Crippen molar-refractivity contribution in [2.75, 3.05) is 5.32 Å². The van der Waals surface area contributed by atoms with E-state index in [0.29, 0.717) is 17.2 Å². The maximum absolute atomic E-state index is 10.9. The molecule has 1 unspecified atom stereocenters. The molecular formula is C14H20N2O2. The van der Waals surface area contributed by atoms with E-state index in [4.69, 9.17) is 5.11 Å². The van der Waals surface area contributed by atoms with Crippen molar-refractivity contribution in [1.82, 2.24) is 4.98 Å². The third kappa shape index (κ3) is 2.81. The van der Waals surface area contributed by atoms with Crippen molar-refractivity contribution in [3.05, 3.63) is 23.4 Å². The minimum Gasteiger partial charge on any atom is -0.478 e. The molecule has 1 aromatic rings. The van der Waals surface area contributed by atoms with Crippen molar-refractivity contribution in [3.8, 4) is 0 Å². The fourth-order valence-electron chi connectivity index (χ4n) is 2.64. The number of rotatable bonds is 3. The van der Waals surface area contributed by atoms with Gasteiger partial charge in [-0.25, -0.2) is 9.78 Å². The molecule has 0 radical (unpaired) electrons. The van der Waals surface area contributed by atoms with Gasteiger partial charge in [-0.05, 0) is 43.7 Å². The summed E-state index contributed by atoms with van der Waals surface area (Å²) >= 11 is 0. The molecule has 0 aliphatic heterocycles. The van der Waals surface area contributed by atoms with E-state index >= 15 is 0 Å². The summed E-state index contributed by atoms with van der Waals surface area (Å²) in [6, 6.07) is 3.82. The average Bonchev–Trinajstić information content (AvgIpc) is 2.57. The van der Waals surface area contributed by atoms with Gasteiger partial charge in [-0.3, -0.25) is 0 Å². The first-order valence-electron chi connectivity index (χ1n) is 6.35. The van der Waals surface area contributed by atoms with E-state index in [1.807, 2.05) is 0 Å². The van der Waals surface area contributed by atoms with E-state index in [2.05, 4.69) is 24.1 Å². The lowest BCUT2D eigenvalue weighted by molar-refractivity contribution is 0.0695. The molecule has 0 aromatic carbocycles. The maximum atomic E-state index is 10.9. The van der Waals surface area contributed by atoms with E-state index in [9.17, 15) is 4.79 Å². The summed E-state index contributed by atoms with van der Waals surface area (Å²) < 4.78 is 0. The van der Waals surface area contributed by atoms with Gasteiger partial charge >= 0.3 is 5.97 Å². The molecule has 1 aliphatic rings. The summed E-state index contributed by atoms with van der Waals surface area (Å²) in [6.07, 6.45) is 3.50. The zero-order chi connectivity index (χ0) is 13.3. The summed E-state index contributed by atoms with van der Waals surface area (Å²) in [5.41, 5.74) is 1.23. The number of aryl methyl sites for hydroxylation is 1. The lowest BCUT2D eigenvalue weighted by Gasteiger charge is -2.18. The number of hydrogen-bond donors (Lipinski definition) is 2. The lowest BCUT2D eigenvalue weighted by atomic mass is 9.92. The van der Waals surface area contributed by atoms with E-state index in [-0.39, 0.29) is 5.56 Å². The molecule has 1 atom stereocenters. The minimum atomic E-state index is -0.923. The molecular weight excluding hydrogens is 228 g/mol. The number of carbonyl (C=O) groups is 1. The van der Waals surface area contributed by atoms with E-state index in [1.165, 1.54) is 6.42 Å². The highest BCUT2D eigenvalue weighted by Crippen LogP contribution is 2.38. The number of nitrogens with zero attached hydrogens (tertiary/aromatic N) is 1. The average molecular weight is 248 g/mol. The Labute approximate surface area is 107 Å². The number of carboxylic acids is 1. The summed E-state index contributed by atoms with van der Waals surface area (Å²) in [7, 11) is 0. The number of anilines is 1. The largest absolute Gasteiger partial charge is 0.478 e. The predicted molar refractivity (Wildman–Crippen MR) is 71.0 cm³/mol. The predicted octanol–water partition coefficient (Wildman–Crippen LogP) is 3.08. The van der Waals surface area contributed by atoms with Crippen LogP contribution in [0.4, 0.5) is 5.82 Å². The highest BCUT2D eigenvalue weighted by molar-refractivity contribution is 5.89. The summed E-state index contributed by atoms with van der Waals surface area (Å²) in [6.45, 7) is 6.29. The molecule has 0 bridgehead atoms. The SMILES string of the molecule is Cc1nc(NC2CCC(C)(C)C2)ccc1C(=O)O. The Morgan fingerprint density at radius 2 is 2.22 bits per heavy atom. The molecule has 0 spiro atoms. The first kappa shape index (κ1) is 12.9. The van der Waals surface area contributed by atoms with Gasteiger partial charge in [0.05, 0.1) is 11.3 Å². The number of aromatic nitrogens is 1. The second kappa shape index (κ2) is 4.59. The molecule has 18 heavy (non-hydrogen) atoms. The van der Waals surface area contributed by atoms with Crippen LogP contribution >= 0.6 is 0 Å². The van der Waals surface area contributed by atoms with Gasteiger partial charge in [0.25, 0.3) is 0 Å². The molecule has 98 valence electrons. The fourth-order valence-corrected chi connectivity index (χ4v) is 2.64. The van der Waals surface area contributed by atoms with Crippen LogP contribution in [-0.2, 0) is 0 Å². The second-order valence-corrected chi connectivity index (χ2v) is 5.88. The highest BCUT2D eigenvalue weighted by atomic mass is 16.4. The maximum Gasteiger partial charge on any atom is 0.337 e. The molecule has 0 amide bonds. The Morgan fingerprint density at radius 3 is 2.72 bits per heavy atom. The second-order valence-electron chi connectivity index (χ2n) is 5.88. The molecule has 2 N–H and O–H groups in total. The van der Waals surface area contributed by atoms with Crippen LogP contribution in [-0.4, -0.2) is 22.1 Å². The van der Waals surface area contributed by atoms with Gasteiger partial charge in [0.15, 0.2) is 0 Å². The fraction of sp³-hybridized carbons (Fsp3) is 0.571. The molecule has 0 saturated heterocycles. The van der Waals surface area contributed by atoms with Gasteiger partial charge < -0.3 is 10.4 Å². The van der Waals surface area contributed by atoms with Crippen LogP contribution in [0.25, 0.3) is 0 Å².